The number of aromatic amines is 1. The van der Waals surface area contributed by atoms with E-state index in [0.717, 1.165) is 48.6 Å². The average molecular weight is 381 g/mol. The van der Waals surface area contributed by atoms with Crippen LogP contribution in [-0.2, 0) is 4.74 Å². The molecule has 146 valence electrons. The molecule has 0 spiro atoms. The van der Waals surface area contributed by atoms with Gasteiger partial charge >= 0.3 is 0 Å². The second-order valence-corrected chi connectivity index (χ2v) is 6.97. The first kappa shape index (κ1) is 18.4. The van der Waals surface area contributed by atoms with Gasteiger partial charge in [-0.15, -0.1) is 0 Å². The Hall–Kier alpha value is -3.00. The molecule has 1 aliphatic rings. The summed E-state index contributed by atoms with van der Waals surface area (Å²) in [5.74, 6) is 1.00. The van der Waals surface area contributed by atoms with Gasteiger partial charge in [0.25, 0.3) is 5.91 Å². The fraction of sp³-hybridized carbons (Fsp3) is 0.400. The molecule has 0 aliphatic carbocycles. The van der Waals surface area contributed by atoms with Gasteiger partial charge in [0.1, 0.15) is 17.0 Å². The Morgan fingerprint density at radius 3 is 2.93 bits per heavy atom. The molecule has 0 radical (unpaired) electrons. The first-order valence-electron chi connectivity index (χ1n) is 9.38. The molecule has 0 atom stereocenters. The van der Waals surface area contributed by atoms with Crippen LogP contribution in [0.4, 0.5) is 0 Å². The van der Waals surface area contributed by atoms with Gasteiger partial charge in [0, 0.05) is 25.3 Å². The van der Waals surface area contributed by atoms with Crippen molar-refractivity contribution in [3.8, 4) is 17.0 Å². The number of fused-ring (bicyclic) bond motifs is 1. The number of aryl methyl sites for hydroxylation is 1. The number of benzene rings is 1. The Balaban J connectivity index is 1.58. The van der Waals surface area contributed by atoms with Gasteiger partial charge in [-0.3, -0.25) is 9.89 Å². The SMILES string of the molecule is COc1ccc(-c2[nH]nc3ncc(C(=O)NCC4CCOCC4)nc23)c(C)c1. The van der Waals surface area contributed by atoms with E-state index in [1.54, 1.807) is 7.11 Å². The highest BCUT2D eigenvalue weighted by atomic mass is 16.5. The minimum atomic E-state index is -0.223. The first-order chi connectivity index (χ1) is 13.7. The molecule has 0 bridgehead atoms. The van der Waals surface area contributed by atoms with Crippen molar-refractivity contribution in [1.29, 1.82) is 0 Å². The minimum Gasteiger partial charge on any atom is -0.497 e. The van der Waals surface area contributed by atoms with Crippen LogP contribution in [-0.4, -0.2) is 52.9 Å². The number of H-pyrrole nitrogens is 1. The number of aromatic nitrogens is 4. The lowest BCUT2D eigenvalue weighted by Crippen LogP contribution is -2.32. The Bertz CT molecular complexity index is 995. The van der Waals surface area contributed by atoms with E-state index in [1.165, 1.54) is 6.20 Å². The molecule has 1 aliphatic heterocycles. The molecule has 1 fully saturated rings. The third kappa shape index (κ3) is 3.68. The van der Waals surface area contributed by atoms with Gasteiger partial charge in [0.2, 0.25) is 0 Å². The Labute approximate surface area is 162 Å². The highest BCUT2D eigenvalue weighted by molar-refractivity contribution is 5.95. The molecule has 0 saturated carbocycles. The highest BCUT2D eigenvalue weighted by Crippen LogP contribution is 2.29. The number of rotatable bonds is 5. The lowest BCUT2D eigenvalue weighted by Gasteiger charge is -2.21. The number of methoxy groups -OCH3 is 1. The molecule has 8 nitrogen and oxygen atoms in total. The Morgan fingerprint density at radius 2 is 2.18 bits per heavy atom. The molecular weight excluding hydrogens is 358 g/mol. The van der Waals surface area contributed by atoms with Crippen molar-refractivity contribution < 1.29 is 14.3 Å². The van der Waals surface area contributed by atoms with Crippen molar-refractivity contribution in [1.82, 2.24) is 25.5 Å². The van der Waals surface area contributed by atoms with E-state index < -0.39 is 0 Å². The molecule has 0 unspecified atom stereocenters. The van der Waals surface area contributed by atoms with Crippen molar-refractivity contribution in [2.24, 2.45) is 5.92 Å². The monoisotopic (exact) mass is 381 g/mol. The van der Waals surface area contributed by atoms with E-state index in [4.69, 9.17) is 9.47 Å². The Kier molecular flexibility index (Phi) is 5.21. The molecule has 4 rings (SSSR count). The molecule has 3 aromatic rings. The quantitative estimate of drug-likeness (QED) is 0.704. The summed E-state index contributed by atoms with van der Waals surface area (Å²) >= 11 is 0. The molecule has 1 amide bonds. The zero-order valence-corrected chi connectivity index (χ0v) is 16.0. The summed E-state index contributed by atoms with van der Waals surface area (Å²) in [6, 6.07) is 5.77. The van der Waals surface area contributed by atoms with E-state index in [1.807, 2.05) is 25.1 Å². The summed E-state index contributed by atoms with van der Waals surface area (Å²) < 4.78 is 10.6. The second-order valence-electron chi connectivity index (χ2n) is 6.97. The van der Waals surface area contributed by atoms with Crippen LogP contribution in [0.5, 0.6) is 5.75 Å². The van der Waals surface area contributed by atoms with Crippen LogP contribution in [0.15, 0.2) is 24.4 Å². The molecule has 28 heavy (non-hydrogen) atoms. The zero-order chi connectivity index (χ0) is 19.5. The topological polar surface area (TPSA) is 102 Å². The van der Waals surface area contributed by atoms with Crippen molar-refractivity contribution >= 4 is 17.1 Å². The van der Waals surface area contributed by atoms with E-state index in [2.05, 4.69) is 25.5 Å². The minimum absolute atomic E-state index is 0.223. The standard InChI is InChI=1S/C20H23N5O3/c1-12-9-14(27-2)3-4-15(12)17-18-19(25-24-17)21-11-16(23-18)20(26)22-10-13-5-7-28-8-6-13/h3-4,9,11,13H,5-8,10H2,1-2H3,(H,22,26)(H,21,24,25). The van der Waals surface area contributed by atoms with E-state index in [-0.39, 0.29) is 11.6 Å². The maximum atomic E-state index is 12.6. The van der Waals surface area contributed by atoms with Gasteiger partial charge in [0.05, 0.1) is 19.0 Å². The number of carbonyl (C=O) groups is 1. The van der Waals surface area contributed by atoms with Crippen LogP contribution >= 0.6 is 0 Å². The third-order valence-corrected chi connectivity index (χ3v) is 5.09. The van der Waals surface area contributed by atoms with Gasteiger partial charge in [-0.25, -0.2) is 9.97 Å². The fourth-order valence-electron chi connectivity index (χ4n) is 3.41. The zero-order valence-electron chi connectivity index (χ0n) is 16.0. The molecule has 8 heteroatoms. The van der Waals surface area contributed by atoms with Gasteiger partial charge in [0.15, 0.2) is 5.65 Å². The average Bonchev–Trinajstić information content (AvgIpc) is 3.15. The summed E-state index contributed by atoms with van der Waals surface area (Å²) in [5.41, 5.74) is 4.03. The maximum Gasteiger partial charge on any atom is 0.271 e. The molecule has 1 saturated heterocycles. The maximum absolute atomic E-state index is 12.6. The van der Waals surface area contributed by atoms with Crippen molar-refractivity contribution in [2.45, 2.75) is 19.8 Å². The fourth-order valence-corrected chi connectivity index (χ4v) is 3.41. The van der Waals surface area contributed by atoms with Crippen LogP contribution in [0.3, 0.4) is 0 Å². The van der Waals surface area contributed by atoms with Crippen molar-refractivity contribution in [2.75, 3.05) is 26.9 Å². The number of hydrogen-bond acceptors (Lipinski definition) is 6. The molecule has 1 aromatic carbocycles. The van der Waals surface area contributed by atoms with Crippen LogP contribution in [0.1, 0.15) is 28.9 Å². The van der Waals surface area contributed by atoms with Gasteiger partial charge in [-0.1, -0.05) is 0 Å². The predicted octanol–water partition coefficient (Wildman–Crippen LogP) is 2.49. The number of amides is 1. The van der Waals surface area contributed by atoms with Crippen molar-refractivity contribution in [3.05, 3.63) is 35.7 Å². The molecule has 2 N–H and O–H groups in total. The van der Waals surface area contributed by atoms with Crippen LogP contribution < -0.4 is 10.1 Å². The lowest BCUT2D eigenvalue weighted by atomic mass is 10.0. The van der Waals surface area contributed by atoms with E-state index in [0.29, 0.717) is 23.6 Å². The predicted molar refractivity (Wildman–Crippen MR) is 104 cm³/mol. The smallest absolute Gasteiger partial charge is 0.271 e. The normalized spacial score (nSPS) is 14.9. The summed E-state index contributed by atoms with van der Waals surface area (Å²) in [7, 11) is 1.64. The van der Waals surface area contributed by atoms with Gasteiger partial charge in [-0.2, -0.15) is 5.10 Å². The summed E-state index contributed by atoms with van der Waals surface area (Å²) in [6.07, 6.45) is 3.40. The summed E-state index contributed by atoms with van der Waals surface area (Å²) in [4.78, 5) is 21.4. The molecule has 3 heterocycles. The van der Waals surface area contributed by atoms with E-state index in [9.17, 15) is 4.79 Å². The largest absolute Gasteiger partial charge is 0.497 e. The molecular formula is C20H23N5O3. The Morgan fingerprint density at radius 1 is 1.36 bits per heavy atom. The summed E-state index contributed by atoms with van der Waals surface area (Å²) in [6.45, 7) is 4.12. The molecule has 2 aromatic heterocycles. The second kappa shape index (κ2) is 7.93. The van der Waals surface area contributed by atoms with Crippen LogP contribution in [0.2, 0.25) is 0 Å². The number of nitrogens with zero attached hydrogens (tertiary/aromatic N) is 3. The summed E-state index contributed by atoms with van der Waals surface area (Å²) in [5, 5.41) is 10.2. The third-order valence-electron chi connectivity index (χ3n) is 5.09. The van der Waals surface area contributed by atoms with Crippen LogP contribution in [0.25, 0.3) is 22.4 Å². The van der Waals surface area contributed by atoms with E-state index >= 15 is 0 Å². The lowest BCUT2D eigenvalue weighted by molar-refractivity contribution is 0.0642. The number of ether oxygens (including phenoxy) is 2. The number of carbonyl (C=O) groups excluding carboxylic acids is 1. The first-order valence-corrected chi connectivity index (χ1v) is 9.38. The van der Waals surface area contributed by atoms with Crippen molar-refractivity contribution in [3.63, 3.8) is 0 Å². The van der Waals surface area contributed by atoms with Gasteiger partial charge < -0.3 is 14.8 Å². The number of nitrogens with one attached hydrogen (secondary N) is 2. The van der Waals surface area contributed by atoms with Gasteiger partial charge in [-0.05, 0) is 49.4 Å². The van der Waals surface area contributed by atoms with Crippen LogP contribution in [0, 0.1) is 12.8 Å². The number of hydrogen-bond donors (Lipinski definition) is 2. The highest BCUT2D eigenvalue weighted by Gasteiger charge is 2.18.